The molecule has 39 heavy (non-hydrogen) atoms. The largest absolute Gasteiger partial charge is 0.309 e. The van der Waals surface area contributed by atoms with Gasteiger partial charge in [-0.1, -0.05) is 96.5 Å². The van der Waals surface area contributed by atoms with Crippen LogP contribution >= 0.6 is 11.6 Å². The summed E-state index contributed by atoms with van der Waals surface area (Å²) in [6.45, 7) is 0. The Morgan fingerprint density at radius 2 is 1.13 bits per heavy atom. The molecule has 3 heterocycles. The predicted octanol–water partition coefficient (Wildman–Crippen LogP) is 10.3. The molecule has 0 spiro atoms. The molecule has 0 aliphatic rings. The van der Waals surface area contributed by atoms with Gasteiger partial charge in [-0.15, -0.1) is 0 Å². The number of fused-ring (bicyclic) bond motifs is 9. The van der Waals surface area contributed by atoms with Crippen molar-refractivity contribution in [1.29, 1.82) is 0 Å². The number of halogens is 1. The smallest absolute Gasteiger partial charge is 0.0620 e. The van der Waals surface area contributed by atoms with E-state index in [1.807, 2.05) is 6.07 Å². The van der Waals surface area contributed by atoms with Gasteiger partial charge in [-0.05, 0) is 48.0 Å². The van der Waals surface area contributed by atoms with Crippen LogP contribution in [0, 0.1) is 0 Å². The number of aromatic nitrogens is 2. The molecule has 2 nitrogen and oxygen atoms in total. The third kappa shape index (κ3) is 2.76. The van der Waals surface area contributed by atoms with Crippen molar-refractivity contribution in [2.24, 2.45) is 0 Å². The van der Waals surface area contributed by atoms with Gasteiger partial charge in [0.2, 0.25) is 0 Å². The first-order valence-corrected chi connectivity index (χ1v) is 13.6. The number of benzene rings is 6. The van der Waals surface area contributed by atoms with Crippen molar-refractivity contribution in [3.8, 4) is 16.8 Å². The molecule has 0 saturated carbocycles. The van der Waals surface area contributed by atoms with Crippen molar-refractivity contribution in [2.75, 3.05) is 0 Å². The van der Waals surface area contributed by atoms with E-state index in [1.165, 1.54) is 76.7 Å². The van der Waals surface area contributed by atoms with Crippen LogP contribution in [0.4, 0.5) is 0 Å². The fourth-order valence-corrected chi connectivity index (χ4v) is 6.89. The normalized spacial score (nSPS) is 12.2. The zero-order valence-electron chi connectivity index (χ0n) is 20.9. The molecule has 0 atom stereocenters. The third-order valence-corrected chi connectivity index (χ3v) is 8.53. The van der Waals surface area contributed by atoms with Crippen LogP contribution in [-0.4, -0.2) is 8.97 Å². The van der Waals surface area contributed by atoms with E-state index in [2.05, 4.69) is 130 Å². The van der Waals surface area contributed by atoms with E-state index < -0.39 is 0 Å². The average molecular weight is 517 g/mol. The van der Waals surface area contributed by atoms with E-state index in [-0.39, 0.29) is 0 Å². The summed E-state index contributed by atoms with van der Waals surface area (Å²) < 4.78 is 4.83. The van der Waals surface area contributed by atoms with Gasteiger partial charge in [0.15, 0.2) is 0 Å². The minimum Gasteiger partial charge on any atom is -0.309 e. The Kier molecular flexibility index (Phi) is 4.14. The molecule has 0 aliphatic heterocycles. The molecule has 0 saturated heterocycles. The zero-order valence-corrected chi connectivity index (χ0v) is 21.7. The molecule has 9 rings (SSSR count). The molecule has 3 heteroatoms. The third-order valence-electron chi connectivity index (χ3n) is 8.30. The maximum atomic E-state index is 6.46. The lowest BCUT2D eigenvalue weighted by atomic mass is 10.00. The highest BCUT2D eigenvalue weighted by Gasteiger charge is 2.20. The van der Waals surface area contributed by atoms with Crippen molar-refractivity contribution >= 4 is 71.5 Å². The van der Waals surface area contributed by atoms with Gasteiger partial charge in [0.25, 0.3) is 0 Å². The number of para-hydroxylation sites is 4. The predicted molar refractivity (Wildman–Crippen MR) is 166 cm³/mol. The molecular formula is C36H21ClN2. The van der Waals surface area contributed by atoms with E-state index in [0.717, 1.165) is 5.02 Å². The van der Waals surface area contributed by atoms with Gasteiger partial charge in [0, 0.05) is 48.6 Å². The standard InChI is InChI=1S/C36H21ClN2/c37-23-17-19-33-31(21-23)30-14-7-13-29-28-12-6-11-25(35(28)39(33)36(29)30)22-16-18-27-26-10-4-5-15-32(26)38(34(27)20-22)24-8-2-1-3-9-24/h1-21H. The molecule has 0 unspecified atom stereocenters. The first kappa shape index (κ1) is 21.2. The van der Waals surface area contributed by atoms with Gasteiger partial charge in [0.05, 0.1) is 27.6 Å². The number of nitrogens with zero attached hydrogens (tertiary/aromatic N) is 2. The molecule has 0 bridgehead atoms. The Balaban J connectivity index is 1.43. The molecule has 182 valence electrons. The summed E-state index contributed by atoms with van der Waals surface area (Å²) >= 11 is 6.46. The second kappa shape index (κ2) is 7.63. The topological polar surface area (TPSA) is 9.34 Å². The van der Waals surface area contributed by atoms with Crippen LogP contribution in [-0.2, 0) is 0 Å². The summed E-state index contributed by atoms with van der Waals surface area (Å²) in [5, 5.41) is 8.28. The summed E-state index contributed by atoms with van der Waals surface area (Å²) in [5.74, 6) is 0. The van der Waals surface area contributed by atoms with Crippen molar-refractivity contribution in [1.82, 2.24) is 8.97 Å². The van der Waals surface area contributed by atoms with Gasteiger partial charge in [0.1, 0.15) is 0 Å². The molecule has 0 radical (unpaired) electrons. The van der Waals surface area contributed by atoms with Crippen LogP contribution in [0.15, 0.2) is 127 Å². The van der Waals surface area contributed by atoms with Gasteiger partial charge in [-0.3, -0.25) is 0 Å². The minimum absolute atomic E-state index is 0.764. The van der Waals surface area contributed by atoms with Crippen LogP contribution in [0.5, 0.6) is 0 Å². The van der Waals surface area contributed by atoms with Gasteiger partial charge in [-0.25, -0.2) is 0 Å². The van der Waals surface area contributed by atoms with Crippen molar-refractivity contribution in [3.63, 3.8) is 0 Å². The summed E-state index contributed by atoms with van der Waals surface area (Å²) in [6.07, 6.45) is 0. The summed E-state index contributed by atoms with van der Waals surface area (Å²) in [4.78, 5) is 0. The van der Waals surface area contributed by atoms with Crippen LogP contribution in [0.25, 0.3) is 76.7 Å². The number of hydrogen-bond acceptors (Lipinski definition) is 0. The van der Waals surface area contributed by atoms with Gasteiger partial charge in [-0.2, -0.15) is 0 Å². The van der Waals surface area contributed by atoms with Crippen LogP contribution in [0.3, 0.4) is 0 Å². The maximum absolute atomic E-state index is 6.46. The molecule has 0 N–H and O–H groups in total. The zero-order chi connectivity index (χ0) is 25.7. The Morgan fingerprint density at radius 3 is 2.00 bits per heavy atom. The lowest BCUT2D eigenvalue weighted by Gasteiger charge is -2.10. The Bertz CT molecular complexity index is 2390. The molecule has 0 fully saturated rings. The molecular weight excluding hydrogens is 496 g/mol. The van der Waals surface area contributed by atoms with Crippen LogP contribution in [0.2, 0.25) is 5.02 Å². The lowest BCUT2D eigenvalue weighted by molar-refractivity contribution is 1.18. The Morgan fingerprint density at radius 1 is 0.436 bits per heavy atom. The first-order valence-electron chi connectivity index (χ1n) is 13.2. The fraction of sp³-hybridized carbons (Fsp3) is 0. The Labute approximate surface area is 229 Å². The SMILES string of the molecule is Clc1ccc2c(c1)c1cccc3c4cccc(-c5ccc6c7ccccc7n(-c7ccccc7)c6c5)c4n2c13. The van der Waals surface area contributed by atoms with Crippen LogP contribution < -0.4 is 0 Å². The van der Waals surface area contributed by atoms with E-state index in [4.69, 9.17) is 11.6 Å². The lowest BCUT2D eigenvalue weighted by Crippen LogP contribution is -1.93. The summed E-state index contributed by atoms with van der Waals surface area (Å²) in [7, 11) is 0. The molecule has 3 aromatic heterocycles. The van der Waals surface area contributed by atoms with Crippen molar-refractivity contribution in [3.05, 3.63) is 132 Å². The second-order valence-corrected chi connectivity index (χ2v) is 10.8. The average Bonchev–Trinajstić information content (AvgIpc) is 3.62. The monoisotopic (exact) mass is 516 g/mol. The highest BCUT2D eigenvalue weighted by molar-refractivity contribution is 6.32. The number of hydrogen-bond donors (Lipinski definition) is 0. The Hall–Kier alpha value is -4.79. The van der Waals surface area contributed by atoms with E-state index >= 15 is 0 Å². The van der Waals surface area contributed by atoms with Crippen molar-refractivity contribution in [2.45, 2.75) is 0 Å². The molecule has 0 amide bonds. The first-order chi connectivity index (χ1) is 19.3. The highest BCUT2D eigenvalue weighted by atomic mass is 35.5. The van der Waals surface area contributed by atoms with E-state index in [9.17, 15) is 0 Å². The quantitative estimate of drug-likeness (QED) is 0.216. The van der Waals surface area contributed by atoms with E-state index in [1.54, 1.807) is 0 Å². The molecule has 0 aliphatic carbocycles. The molecule has 9 aromatic rings. The van der Waals surface area contributed by atoms with Gasteiger partial charge >= 0.3 is 0 Å². The number of rotatable bonds is 2. The summed E-state index contributed by atoms with van der Waals surface area (Å²) in [6, 6.07) is 45.8. The van der Waals surface area contributed by atoms with Crippen LogP contribution in [0.1, 0.15) is 0 Å². The van der Waals surface area contributed by atoms with E-state index in [0.29, 0.717) is 0 Å². The second-order valence-electron chi connectivity index (χ2n) is 10.3. The highest BCUT2D eigenvalue weighted by Crippen LogP contribution is 2.43. The summed E-state index contributed by atoms with van der Waals surface area (Å²) in [5.41, 5.74) is 9.72. The molecule has 6 aromatic carbocycles. The van der Waals surface area contributed by atoms with Crippen molar-refractivity contribution < 1.29 is 0 Å². The minimum atomic E-state index is 0.764. The fourth-order valence-electron chi connectivity index (χ4n) is 6.72. The van der Waals surface area contributed by atoms with Gasteiger partial charge < -0.3 is 8.97 Å². The maximum Gasteiger partial charge on any atom is 0.0620 e.